The van der Waals surface area contributed by atoms with Gasteiger partial charge in [0.2, 0.25) is 5.91 Å². The number of carbonyl (C=O) groups excluding carboxylic acids is 2. The highest BCUT2D eigenvalue weighted by Crippen LogP contribution is 2.43. The number of anilines is 1. The van der Waals surface area contributed by atoms with E-state index in [1.54, 1.807) is 31.7 Å². The van der Waals surface area contributed by atoms with Crippen molar-refractivity contribution in [3.63, 3.8) is 0 Å². The second-order valence-corrected chi connectivity index (χ2v) is 12.1. The second kappa shape index (κ2) is 10.3. The molecule has 2 bridgehead atoms. The van der Waals surface area contributed by atoms with Gasteiger partial charge in [0.15, 0.2) is 0 Å². The molecule has 4 fully saturated rings. The van der Waals surface area contributed by atoms with Crippen molar-refractivity contribution in [2.45, 2.75) is 82.3 Å². The normalized spacial score (nSPS) is 29.6. The Bertz CT molecular complexity index is 1120. The summed E-state index contributed by atoms with van der Waals surface area (Å²) < 4.78 is 26.6. The topological polar surface area (TPSA) is 98.1 Å². The number of morpholine rings is 1. The first-order valence-electron chi connectivity index (χ1n) is 13.6. The summed E-state index contributed by atoms with van der Waals surface area (Å²) in [5.41, 5.74) is 0.474. The molecular weight excluding hydrogens is 489 g/mol. The highest BCUT2D eigenvalue weighted by atomic mass is 19.1. The van der Waals surface area contributed by atoms with E-state index in [1.165, 1.54) is 6.07 Å². The first-order valence-corrected chi connectivity index (χ1v) is 13.6. The van der Waals surface area contributed by atoms with Gasteiger partial charge in [0.1, 0.15) is 23.5 Å². The van der Waals surface area contributed by atoms with Crippen LogP contribution in [-0.2, 0) is 20.7 Å². The van der Waals surface area contributed by atoms with Crippen LogP contribution in [0, 0.1) is 23.1 Å². The van der Waals surface area contributed by atoms with Crippen LogP contribution in [0.3, 0.4) is 0 Å². The van der Waals surface area contributed by atoms with Gasteiger partial charge in [-0.05, 0) is 70.7 Å². The number of nitriles is 1. The van der Waals surface area contributed by atoms with E-state index in [2.05, 4.69) is 28.2 Å². The maximum absolute atomic E-state index is 15.2. The van der Waals surface area contributed by atoms with E-state index in [9.17, 15) is 14.9 Å². The number of nitrogens with one attached hydrogen (secondary N) is 1. The van der Waals surface area contributed by atoms with Gasteiger partial charge in [-0.1, -0.05) is 6.07 Å². The average Bonchev–Trinajstić information content (AvgIpc) is 3.58. The van der Waals surface area contributed by atoms with Crippen LogP contribution in [0.5, 0.6) is 0 Å². The number of ether oxygens (including phenoxy) is 2. The zero-order chi connectivity index (χ0) is 27.2. The molecule has 0 unspecified atom stereocenters. The van der Waals surface area contributed by atoms with Crippen LogP contribution < -0.4 is 10.2 Å². The Hall–Kier alpha value is -2.90. The lowest BCUT2D eigenvalue weighted by molar-refractivity contribution is -0.128. The van der Waals surface area contributed by atoms with E-state index in [0.29, 0.717) is 18.7 Å². The van der Waals surface area contributed by atoms with Crippen LogP contribution in [0.15, 0.2) is 18.2 Å². The van der Waals surface area contributed by atoms with E-state index in [4.69, 9.17) is 9.47 Å². The molecule has 4 aliphatic rings. The molecule has 1 aromatic rings. The molecule has 206 valence electrons. The molecule has 38 heavy (non-hydrogen) atoms. The van der Waals surface area contributed by atoms with Gasteiger partial charge in [-0.3, -0.25) is 14.6 Å². The zero-order valence-corrected chi connectivity index (χ0v) is 22.7. The molecular formula is C28H38FN5O4. The monoisotopic (exact) mass is 527 g/mol. The molecule has 3 saturated heterocycles. The van der Waals surface area contributed by atoms with Gasteiger partial charge in [0, 0.05) is 37.8 Å². The number of likely N-dealkylation sites (tertiary alicyclic amines) is 1. The number of piperidine rings is 1. The number of carbonyl (C=O) groups is 2. The number of benzene rings is 1. The van der Waals surface area contributed by atoms with E-state index in [0.717, 1.165) is 38.0 Å². The van der Waals surface area contributed by atoms with E-state index in [-0.39, 0.29) is 36.4 Å². The van der Waals surface area contributed by atoms with Crippen molar-refractivity contribution in [3.05, 3.63) is 29.6 Å². The molecule has 1 aromatic carbocycles. The first kappa shape index (κ1) is 26.7. The lowest BCUT2D eigenvalue weighted by atomic mass is 9.97. The molecule has 9 nitrogen and oxygen atoms in total. The molecule has 2 amide bonds. The summed E-state index contributed by atoms with van der Waals surface area (Å²) >= 11 is 0. The summed E-state index contributed by atoms with van der Waals surface area (Å²) in [7, 11) is 2.09. The lowest BCUT2D eigenvalue weighted by Gasteiger charge is -2.35. The van der Waals surface area contributed by atoms with Crippen LogP contribution >= 0.6 is 0 Å². The molecule has 1 aliphatic carbocycles. The summed E-state index contributed by atoms with van der Waals surface area (Å²) in [6, 6.07) is 5.83. The van der Waals surface area contributed by atoms with Crippen molar-refractivity contribution in [1.29, 1.82) is 5.26 Å². The SMILES string of the molecule is CN1CCO[C@@H]2CN(c3ccc(C[C@@H](C#N)NC(=O)[C@@H]4[C@H]5CC[C@H](C5)N4C(=O)OC(C)(C)C)c(F)c3)C[C@@H]21. The number of rotatable bonds is 5. The fraction of sp³-hybridized carbons (Fsp3) is 0.679. The van der Waals surface area contributed by atoms with Gasteiger partial charge in [-0.25, -0.2) is 9.18 Å². The Labute approximate surface area is 223 Å². The molecule has 3 heterocycles. The number of hydrogen-bond acceptors (Lipinski definition) is 7. The van der Waals surface area contributed by atoms with Crippen LogP contribution in [0.4, 0.5) is 14.9 Å². The minimum Gasteiger partial charge on any atom is -0.444 e. The Kier molecular flexibility index (Phi) is 7.27. The highest BCUT2D eigenvalue weighted by molar-refractivity contribution is 5.87. The smallest absolute Gasteiger partial charge is 0.411 e. The Morgan fingerprint density at radius 2 is 2.08 bits per heavy atom. The predicted molar refractivity (Wildman–Crippen MR) is 139 cm³/mol. The summed E-state index contributed by atoms with van der Waals surface area (Å²) in [4.78, 5) is 32.2. The molecule has 6 atom stereocenters. The van der Waals surface area contributed by atoms with Gasteiger partial charge in [0.05, 0.1) is 24.8 Å². The Morgan fingerprint density at radius 3 is 2.76 bits per heavy atom. The van der Waals surface area contributed by atoms with Crippen molar-refractivity contribution < 1.29 is 23.5 Å². The number of likely N-dealkylation sites (N-methyl/N-ethyl adjacent to an activating group) is 1. The van der Waals surface area contributed by atoms with E-state index < -0.39 is 29.6 Å². The van der Waals surface area contributed by atoms with E-state index >= 15 is 4.39 Å². The third-order valence-electron chi connectivity index (χ3n) is 8.34. The third kappa shape index (κ3) is 5.32. The third-order valence-corrected chi connectivity index (χ3v) is 8.34. The Balaban J connectivity index is 1.23. The fourth-order valence-electron chi connectivity index (χ4n) is 6.48. The van der Waals surface area contributed by atoms with Crippen molar-refractivity contribution in [2.75, 3.05) is 38.2 Å². The van der Waals surface area contributed by atoms with Crippen molar-refractivity contribution >= 4 is 17.7 Å². The van der Waals surface area contributed by atoms with Crippen LogP contribution in [-0.4, -0.2) is 91.0 Å². The standard InChI is InChI=1S/C28H38FN5O4/c1-28(2,3)38-27(36)34-21-8-6-18(12-21)25(34)26(35)31-19(14-30)11-17-5-7-20(13-22(17)29)33-15-23-24(16-33)37-10-9-32(23)4/h5,7,13,18-19,21,23-25H,6,8-12,15-16H2,1-4H3,(H,31,35)/t18-,19-,21+,23-,24+,25-/m0/s1. The van der Waals surface area contributed by atoms with Crippen LogP contribution in [0.2, 0.25) is 0 Å². The Morgan fingerprint density at radius 1 is 1.29 bits per heavy atom. The van der Waals surface area contributed by atoms with Crippen LogP contribution in [0.1, 0.15) is 45.6 Å². The minimum atomic E-state index is -0.917. The summed E-state index contributed by atoms with van der Waals surface area (Å²) in [5, 5.41) is 12.6. The van der Waals surface area contributed by atoms with Gasteiger partial charge in [0.25, 0.3) is 0 Å². The molecule has 0 aromatic heterocycles. The first-order chi connectivity index (χ1) is 18.0. The maximum Gasteiger partial charge on any atom is 0.411 e. The average molecular weight is 528 g/mol. The number of fused-ring (bicyclic) bond motifs is 3. The molecule has 1 N–H and O–H groups in total. The second-order valence-electron chi connectivity index (χ2n) is 12.1. The quantitative estimate of drug-likeness (QED) is 0.629. The predicted octanol–water partition coefficient (Wildman–Crippen LogP) is 2.68. The lowest BCUT2D eigenvalue weighted by Crippen LogP contribution is -2.55. The maximum atomic E-state index is 15.2. The zero-order valence-electron chi connectivity index (χ0n) is 22.7. The van der Waals surface area contributed by atoms with Gasteiger partial charge < -0.3 is 19.7 Å². The molecule has 10 heteroatoms. The molecule has 3 aliphatic heterocycles. The highest BCUT2D eigenvalue weighted by Gasteiger charge is 2.52. The van der Waals surface area contributed by atoms with Gasteiger partial charge in [-0.2, -0.15) is 5.26 Å². The minimum absolute atomic E-state index is 0.0317. The fourth-order valence-corrected chi connectivity index (χ4v) is 6.48. The van der Waals surface area contributed by atoms with Crippen LogP contribution in [0.25, 0.3) is 0 Å². The van der Waals surface area contributed by atoms with Crippen molar-refractivity contribution in [3.8, 4) is 6.07 Å². The van der Waals surface area contributed by atoms with E-state index in [1.807, 2.05) is 6.07 Å². The number of amides is 2. The molecule has 0 radical (unpaired) electrons. The number of nitrogens with zero attached hydrogens (tertiary/aromatic N) is 4. The van der Waals surface area contributed by atoms with Gasteiger partial charge in [-0.15, -0.1) is 0 Å². The summed E-state index contributed by atoms with van der Waals surface area (Å²) in [6.07, 6.45) is 2.10. The number of halogens is 1. The number of hydrogen-bond donors (Lipinski definition) is 1. The summed E-state index contributed by atoms with van der Waals surface area (Å²) in [6.45, 7) is 8.46. The molecule has 1 saturated carbocycles. The largest absolute Gasteiger partial charge is 0.444 e. The van der Waals surface area contributed by atoms with Crippen molar-refractivity contribution in [1.82, 2.24) is 15.1 Å². The molecule has 5 rings (SSSR count). The molecule has 0 spiro atoms. The van der Waals surface area contributed by atoms with Gasteiger partial charge >= 0.3 is 6.09 Å². The van der Waals surface area contributed by atoms with Crippen molar-refractivity contribution in [2.24, 2.45) is 5.92 Å². The summed E-state index contributed by atoms with van der Waals surface area (Å²) in [5.74, 6) is -0.748.